The van der Waals surface area contributed by atoms with Crippen LogP contribution < -0.4 is 10.6 Å². The zero-order valence-electron chi connectivity index (χ0n) is 26.2. The summed E-state index contributed by atoms with van der Waals surface area (Å²) >= 11 is 5.71. The second kappa shape index (κ2) is 18.2. The number of anilines is 2. The van der Waals surface area contributed by atoms with E-state index >= 15 is 0 Å². The maximum atomic E-state index is 12.5. The highest BCUT2D eigenvalue weighted by Crippen LogP contribution is 2.39. The Balaban J connectivity index is 0.000000332. The van der Waals surface area contributed by atoms with E-state index in [0.29, 0.717) is 60.9 Å². The van der Waals surface area contributed by atoms with Gasteiger partial charge < -0.3 is 25.4 Å². The van der Waals surface area contributed by atoms with Crippen LogP contribution in [-0.4, -0.2) is 69.6 Å². The molecule has 0 aliphatic carbocycles. The Bertz CT molecular complexity index is 1440. The lowest BCUT2D eigenvalue weighted by molar-refractivity contribution is -0.157. The molecule has 1 unspecified atom stereocenters. The number of hydrogen-bond donors (Lipinski definition) is 3. The molecule has 1 saturated heterocycles. The molecule has 1 aromatic heterocycles. The topological polar surface area (TPSA) is 172 Å². The molecule has 15 heteroatoms. The van der Waals surface area contributed by atoms with Gasteiger partial charge in [0.25, 0.3) is 5.91 Å². The van der Waals surface area contributed by atoms with Gasteiger partial charge in [0, 0.05) is 38.2 Å². The van der Waals surface area contributed by atoms with Crippen molar-refractivity contribution in [3.63, 3.8) is 0 Å². The molecule has 0 saturated carbocycles. The normalized spacial score (nSPS) is 14.1. The molecule has 1 aliphatic heterocycles. The average molecular weight is 974 g/mol. The van der Waals surface area contributed by atoms with Crippen molar-refractivity contribution in [3.05, 3.63) is 46.4 Å². The molecular formula is C31H37I3N4O8. The molecule has 0 spiro atoms. The van der Waals surface area contributed by atoms with Crippen LogP contribution in [0.3, 0.4) is 0 Å². The Morgan fingerprint density at radius 2 is 1.61 bits per heavy atom. The number of carboxylic acid groups (broad SMARTS) is 1. The fourth-order valence-electron chi connectivity index (χ4n) is 4.35. The van der Waals surface area contributed by atoms with Crippen LogP contribution in [0.1, 0.15) is 76.2 Å². The van der Waals surface area contributed by atoms with Crippen LogP contribution in [0.15, 0.2) is 24.5 Å². The van der Waals surface area contributed by atoms with Crippen molar-refractivity contribution < 1.29 is 38.6 Å². The predicted molar refractivity (Wildman–Crippen MR) is 197 cm³/mol. The Morgan fingerprint density at radius 3 is 2.09 bits per heavy atom. The van der Waals surface area contributed by atoms with Gasteiger partial charge in [0.2, 0.25) is 17.6 Å². The molecule has 1 aliphatic rings. The third-order valence-electron chi connectivity index (χ3n) is 7.19. The number of aromatic nitrogens is 1. The largest absolute Gasteiger partial charge is 0.478 e. The van der Waals surface area contributed by atoms with Gasteiger partial charge in [-0.2, -0.15) is 0 Å². The van der Waals surface area contributed by atoms with Crippen LogP contribution in [0.4, 0.5) is 11.4 Å². The molecule has 0 bridgehead atoms. The molecule has 250 valence electrons. The Morgan fingerprint density at radius 1 is 1.02 bits per heavy atom. The Kier molecular flexibility index (Phi) is 15.7. The quantitative estimate of drug-likeness (QED) is 0.111. The first kappa shape index (κ1) is 39.8. The molecule has 3 N–H and O–H groups in total. The zero-order valence-corrected chi connectivity index (χ0v) is 32.6. The number of carbonyl (C=O) groups excluding carboxylic acids is 5. The number of likely N-dealkylation sites (tertiary alicyclic amines) is 1. The van der Waals surface area contributed by atoms with E-state index in [1.54, 1.807) is 26.2 Å². The van der Waals surface area contributed by atoms with E-state index in [-0.39, 0.29) is 17.4 Å². The molecule has 46 heavy (non-hydrogen) atoms. The maximum Gasteiger partial charge on any atom is 0.338 e. The van der Waals surface area contributed by atoms with Crippen molar-refractivity contribution in [3.8, 4) is 0 Å². The number of rotatable bonds is 11. The highest BCUT2D eigenvalue weighted by atomic mass is 127. The lowest BCUT2D eigenvalue weighted by Crippen LogP contribution is -2.48. The molecule has 1 aromatic carbocycles. The summed E-state index contributed by atoms with van der Waals surface area (Å²) in [7, 11) is 0. The summed E-state index contributed by atoms with van der Waals surface area (Å²) in [5.41, 5.74) is 1.21. The van der Waals surface area contributed by atoms with Crippen LogP contribution in [0.5, 0.6) is 0 Å². The number of ether oxygens (including phenoxy) is 1. The number of ketones is 1. The third kappa shape index (κ3) is 10.8. The monoisotopic (exact) mass is 974 g/mol. The molecule has 0 radical (unpaired) electrons. The minimum atomic E-state index is -1.12. The first-order valence-corrected chi connectivity index (χ1v) is 17.7. The molecule has 3 amide bonds. The van der Waals surface area contributed by atoms with Gasteiger partial charge in [-0.25, -0.2) is 9.59 Å². The summed E-state index contributed by atoms with van der Waals surface area (Å²) in [6, 6.07) is 3.21. The lowest BCUT2D eigenvalue weighted by Gasteiger charge is -2.27. The number of nitrogens with zero attached hydrogens (tertiary/aromatic N) is 2. The number of halogens is 3. The number of carboxylic acids is 1. The van der Waals surface area contributed by atoms with Crippen molar-refractivity contribution in [2.45, 2.75) is 72.8 Å². The van der Waals surface area contributed by atoms with Gasteiger partial charge in [-0.3, -0.25) is 24.2 Å². The summed E-state index contributed by atoms with van der Waals surface area (Å²) in [5, 5.41) is 14.5. The molecule has 1 atom stereocenters. The van der Waals surface area contributed by atoms with Gasteiger partial charge in [0.1, 0.15) is 6.04 Å². The SMILES string of the molecule is CC(=O)Nc1c(I)c(NC(C)=O)c(I)c(C(=O)O)c1I.CCC(C)(C)C(=O)C(=O)N1CCCC1C(=O)OCCCc1cccnc1. The molecule has 2 aromatic rings. The third-order valence-corrected chi connectivity index (χ3v) is 10.4. The minimum Gasteiger partial charge on any atom is -0.478 e. The van der Waals surface area contributed by atoms with Gasteiger partial charge in [0.05, 0.1) is 34.3 Å². The highest BCUT2D eigenvalue weighted by molar-refractivity contribution is 14.1. The van der Waals surface area contributed by atoms with E-state index in [1.165, 1.54) is 18.7 Å². The summed E-state index contributed by atoms with van der Waals surface area (Å²) < 4.78 is 6.79. The number of Topliss-reactive ketones (excluding diaryl/α,β-unsaturated/α-hetero) is 1. The fraction of sp³-hybridized carbons (Fsp3) is 0.452. The van der Waals surface area contributed by atoms with Crippen molar-refractivity contribution >= 4 is 115 Å². The van der Waals surface area contributed by atoms with Crippen LogP contribution in [0.2, 0.25) is 0 Å². The first-order valence-electron chi connectivity index (χ1n) is 14.4. The number of aryl methyl sites for hydroxylation is 1. The zero-order chi connectivity index (χ0) is 34.8. The van der Waals surface area contributed by atoms with Gasteiger partial charge in [-0.05, 0) is 112 Å². The molecule has 2 heterocycles. The number of pyridine rings is 1. The maximum absolute atomic E-state index is 12.5. The van der Waals surface area contributed by atoms with Crippen molar-refractivity contribution in [2.75, 3.05) is 23.8 Å². The summed E-state index contributed by atoms with van der Waals surface area (Å²) in [4.78, 5) is 76.7. The van der Waals surface area contributed by atoms with E-state index in [4.69, 9.17) is 4.74 Å². The van der Waals surface area contributed by atoms with Crippen LogP contribution in [0, 0.1) is 16.1 Å². The molecule has 1 fully saturated rings. The lowest BCUT2D eigenvalue weighted by atomic mass is 9.84. The van der Waals surface area contributed by atoms with Crippen molar-refractivity contribution in [1.29, 1.82) is 0 Å². The summed E-state index contributed by atoms with van der Waals surface area (Å²) in [6.07, 6.45) is 6.82. The van der Waals surface area contributed by atoms with E-state index < -0.39 is 35.1 Å². The second-order valence-corrected chi connectivity index (χ2v) is 14.3. The number of aromatic carboxylic acids is 1. The number of nitrogens with one attached hydrogen (secondary N) is 2. The number of hydrogen-bond acceptors (Lipinski definition) is 8. The smallest absolute Gasteiger partial charge is 0.338 e. The standard InChI is InChI=1S/C20H28N2O4.C11H9I3N2O4/c1-4-20(2,3)17(23)18(24)22-12-6-10-16(22)19(25)26-13-7-9-15-8-5-11-21-14-15;1-3(17)15-9-6(12)5(11(19)20)7(13)10(8(9)14)16-4(2)18/h5,8,11,14,16H,4,6-7,9-10,12-13H2,1-3H3;1-2H3,(H,15,17)(H,16,18)(H,19,20). The van der Waals surface area contributed by atoms with Crippen LogP contribution >= 0.6 is 67.8 Å². The predicted octanol–water partition coefficient (Wildman–Crippen LogP) is 5.67. The van der Waals surface area contributed by atoms with Crippen molar-refractivity contribution in [2.24, 2.45) is 5.41 Å². The molecule has 12 nitrogen and oxygen atoms in total. The number of esters is 1. The highest BCUT2D eigenvalue weighted by Gasteiger charge is 2.41. The molecular weight excluding hydrogens is 937 g/mol. The first-order chi connectivity index (χ1) is 21.5. The van der Waals surface area contributed by atoms with E-state index in [2.05, 4.69) is 15.6 Å². The van der Waals surface area contributed by atoms with E-state index in [0.717, 1.165) is 12.0 Å². The van der Waals surface area contributed by atoms with Gasteiger partial charge >= 0.3 is 11.9 Å². The Labute approximate surface area is 309 Å². The van der Waals surface area contributed by atoms with Gasteiger partial charge in [0.15, 0.2) is 0 Å². The minimum absolute atomic E-state index is 0.0547. The van der Waals surface area contributed by atoms with Gasteiger partial charge in [-0.15, -0.1) is 0 Å². The Hall–Kier alpha value is -2.42. The molecule has 3 rings (SSSR count). The van der Waals surface area contributed by atoms with E-state index in [1.807, 2.05) is 86.8 Å². The average Bonchev–Trinajstić information content (AvgIpc) is 3.49. The summed E-state index contributed by atoms with van der Waals surface area (Å²) in [5.74, 6) is -3.15. The van der Waals surface area contributed by atoms with Crippen molar-refractivity contribution in [1.82, 2.24) is 9.88 Å². The van der Waals surface area contributed by atoms with Gasteiger partial charge in [-0.1, -0.05) is 26.8 Å². The summed E-state index contributed by atoms with van der Waals surface area (Å²) in [6.45, 7) is 8.79. The number of amides is 3. The van der Waals surface area contributed by atoms with Crippen LogP contribution in [0.25, 0.3) is 0 Å². The van der Waals surface area contributed by atoms with E-state index in [9.17, 15) is 33.9 Å². The van der Waals surface area contributed by atoms with Crippen LogP contribution in [-0.2, 0) is 35.1 Å². The number of benzene rings is 1. The number of carbonyl (C=O) groups is 6. The fourth-order valence-corrected chi connectivity index (χ4v) is 8.52. The second-order valence-electron chi connectivity index (χ2n) is 11.1.